The third kappa shape index (κ3) is 3.92. The van der Waals surface area contributed by atoms with Crippen LogP contribution in [0, 0.1) is 0 Å². The van der Waals surface area contributed by atoms with E-state index >= 15 is 0 Å². The number of ether oxygens (including phenoxy) is 2. The topological polar surface area (TPSA) is 73.7 Å². The predicted octanol–water partition coefficient (Wildman–Crippen LogP) is 3.75. The lowest BCUT2D eigenvalue weighted by Gasteiger charge is -2.23. The molecule has 4 aromatic rings. The van der Waals surface area contributed by atoms with E-state index in [-0.39, 0.29) is 31.2 Å². The smallest absolute Gasteiger partial charge is 0.261 e. The second-order valence-electron chi connectivity index (χ2n) is 7.51. The van der Waals surface area contributed by atoms with Crippen molar-refractivity contribution in [1.29, 1.82) is 0 Å². The van der Waals surface area contributed by atoms with Gasteiger partial charge in [-0.2, -0.15) is 0 Å². The van der Waals surface area contributed by atoms with E-state index in [1.165, 1.54) is 10.9 Å². The van der Waals surface area contributed by atoms with Crippen LogP contribution in [-0.4, -0.2) is 22.3 Å². The van der Waals surface area contributed by atoms with Gasteiger partial charge in [-0.05, 0) is 42.0 Å². The van der Waals surface area contributed by atoms with Gasteiger partial charge in [0.05, 0.1) is 23.8 Å². The Morgan fingerprint density at radius 2 is 1.75 bits per heavy atom. The molecule has 0 fully saturated rings. The number of carbonyl (C=O) groups is 1. The summed E-state index contributed by atoms with van der Waals surface area (Å²) in [5.41, 5.74) is 2.22. The summed E-state index contributed by atoms with van der Waals surface area (Å²) in [6.45, 7) is 0.832. The van der Waals surface area contributed by atoms with Gasteiger partial charge in [-0.1, -0.05) is 36.4 Å². The fraction of sp³-hybridized carbons (Fsp3) is 0.160. The monoisotopic (exact) mass is 427 g/mol. The molecule has 1 aliphatic rings. The standard InChI is InChI=1S/C25H21N3O4/c29-24(12-13-27-16-26-21-9-5-4-8-20(21)25(27)30)28(19-6-2-1-3-7-19)15-18-10-11-22-23(14-18)32-17-31-22/h1-11,14,16H,12-13,15,17H2. The molecule has 2 heterocycles. The number of aromatic nitrogens is 2. The molecule has 0 bridgehead atoms. The molecule has 0 spiro atoms. The zero-order valence-corrected chi connectivity index (χ0v) is 17.3. The molecule has 1 amide bonds. The van der Waals surface area contributed by atoms with Crippen molar-refractivity contribution in [3.05, 3.63) is 95.0 Å². The number of nitrogens with zero attached hydrogens (tertiary/aromatic N) is 3. The Kier molecular flexibility index (Phi) is 5.29. The SMILES string of the molecule is O=C(CCn1cnc2ccccc2c1=O)N(Cc1ccc2c(c1)OCO2)c1ccccc1. The number of benzene rings is 3. The lowest BCUT2D eigenvalue weighted by atomic mass is 10.1. The second kappa shape index (κ2) is 8.55. The molecule has 1 aromatic heterocycles. The number of anilines is 1. The van der Waals surface area contributed by atoms with E-state index in [9.17, 15) is 9.59 Å². The molecule has 0 saturated carbocycles. The average molecular weight is 427 g/mol. The van der Waals surface area contributed by atoms with Gasteiger partial charge >= 0.3 is 0 Å². The molecule has 0 radical (unpaired) electrons. The number of amides is 1. The van der Waals surface area contributed by atoms with Crippen LogP contribution >= 0.6 is 0 Å². The summed E-state index contributed by atoms with van der Waals surface area (Å²) >= 11 is 0. The Balaban J connectivity index is 1.38. The lowest BCUT2D eigenvalue weighted by Crippen LogP contribution is -2.32. The van der Waals surface area contributed by atoms with E-state index in [4.69, 9.17) is 9.47 Å². The van der Waals surface area contributed by atoms with Gasteiger partial charge in [0.15, 0.2) is 11.5 Å². The molecule has 1 aliphatic heterocycles. The molecule has 0 unspecified atom stereocenters. The van der Waals surface area contributed by atoms with Crippen LogP contribution in [0.3, 0.4) is 0 Å². The van der Waals surface area contributed by atoms with Crippen molar-refractivity contribution in [2.24, 2.45) is 0 Å². The molecule has 0 saturated heterocycles. The van der Waals surface area contributed by atoms with Crippen LogP contribution in [0.25, 0.3) is 10.9 Å². The van der Waals surface area contributed by atoms with E-state index < -0.39 is 0 Å². The minimum absolute atomic E-state index is 0.0890. The highest BCUT2D eigenvalue weighted by Crippen LogP contribution is 2.33. The first-order valence-corrected chi connectivity index (χ1v) is 10.4. The first-order valence-electron chi connectivity index (χ1n) is 10.4. The summed E-state index contributed by atoms with van der Waals surface area (Å²) in [6, 6.07) is 22.4. The summed E-state index contributed by atoms with van der Waals surface area (Å²) in [4.78, 5) is 32.1. The van der Waals surface area contributed by atoms with Gasteiger partial charge in [-0.25, -0.2) is 4.98 Å². The quantitative estimate of drug-likeness (QED) is 0.469. The van der Waals surface area contributed by atoms with Gasteiger partial charge < -0.3 is 14.4 Å². The van der Waals surface area contributed by atoms with Crippen LogP contribution in [0.15, 0.2) is 83.9 Å². The van der Waals surface area contributed by atoms with Crippen LogP contribution in [0.4, 0.5) is 5.69 Å². The third-order valence-electron chi connectivity index (χ3n) is 5.44. The maximum Gasteiger partial charge on any atom is 0.261 e. The molecular formula is C25H21N3O4. The van der Waals surface area contributed by atoms with Gasteiger partial charge in [-0.3, -0.25) is 14.2 Å². The Labute approximate surface area is 184 Å². The Morgan fingerprint density at radius 3 is 2.62 bits per heavy atom. The number of hydrogen-bond acceptors (Lipinski definition) is 5. The summed E-state index contributed by atoms with van der Waals surface area (Å²) < 4.78 is 12.3. The molecule has 32 heavy (non-hydrogen) atoms. The minimum atomic E-state index is -0.148. The molecule has 0 N–H and O–H groups in total. The Hall–Kier alpha value is -4.13. The van der Waals surface area contributed by atoms with Crippen LogP contribution in [0.5, 0.6) is 11.5 Å². The minimum Gasteiger partial charge on any atom is -0.454 e. The maximum atomic E-state index is 13.3. The van der Waals surface area contributed by atoms with Gasteiger partial charge in [-0.15, -0.1) is 0 Å². The third-order valence-corrected chi connectivity index (χ3v) is 5.44. The van der Waals surface area contributed by atoms with Gasteiger partial charge in [0.25, 0.3) is 5.56 Å². The maximum absolute atomic E-state index is 13.3. The highest BCUT2D eigenvalue weighted by atomic mass is 16.7. The zero-order valence-electron chi connectivity index (χ0n) is 17.3. The van der Waals surface area contributed by atoms with E-state index in [0.29, 0.717) is 28.9 Å². The molecule has 7 heteroatoms. The largest absolute Gasteiger partial charge is 0.454 e. The van der Waals surface area contributed by atoms with Crippen LogP contribution < -0.4 is 19.9 Å². The van der Waals surface area contributed by atoms with Crippen molar-refractivity contribution in [1.82, 2.24) is 9.55 Å². The molecule has 0 aliphatic carbocycles. The van der Waals surface area contributed by atoms with Crippen molar-refractivity contribution in [3.8, 4) is 11.5 Å². The second-order valence-corrected chi connectivity index (χ2v) is 7.51. The Bertz CT molecular complexity index is 1330. The Morgan fingerprint density at radius 1 is 0.969 bits per heavy atom. The average Bonchev–Trinajstić information content (AvgIpc) is 3.31. The van der Waals surface area contributed by atoms with E-state index in [0.717, 1.165) is 11.3 Å². The van der Waals surface area contributed by atoms with Crippen LogP contribution in [0.1, 0.15) is 12.0 Å². The molecule has 5 rings (SSSR count). The number of carbonyl (C=O) groups excluding carboxylic acids is 1. The number of aryl methyl sites for hydroxylation is 1. The van der Waals surface area contributed by atoms with Crippen molar-refractivity contribution in [2.75, 3.05) is 11.7 Å². The number of para-hydroxylation sites is 2. The van der Waals surface area contributed by atoms with Crippen LogP contribution in [-0.2, 0) is 17.9 Å². The molecule has 7 nitrogen and oxygen atoms in total. The fourth-order valence-corrected chi connectivity index (χ4v) is 3.77. The first kappa shape index (κ1) is 19.8. The summed E-state index contributed by atoms with van der Waals surface area (Å²) in [5, 5.41) is 0.544. The lowest BCUT2D eigenvalue weighted by molar-refractivity contribution is -0.119. The highest BCUT2D eigenvalue weighted by molar-refractivity contribution is 5.93. The number of rotatable bonds is 6. The van der Waals surface area contributed by atoms with Gasteiger partial charge in [0.2, 0.25) is 12.7 Å². The number of hydrogen-bond donors (Lipinski definition) is 0. The predicted molar refractivity (Wildman–Crippen MR) is 121 cm³/mol. The summed E-state index contributed by atoms with van der Waals surface area (Å²) in [5.74, 6) is 1.29. The normalized spacial score (nSPS) is 12.1. The van der Waals surface area contributed by atoms with E-state index in [1.807, 2.05) is 60.7 Å². The first-order chi connectivity index (χ1) is 15.7. The number of fused-ring (bicyclic) bond motifs is 2. The van der Waals surface area contributed by atoms with Crippen molar-refractivity contribution in [2.45, 2.75) is 19.5 Å². The summed E-state index contributed by atoms with van der Waals surface area (Å²) in [6.07, 6.45) is 1.67. The van der Waals surface area contributed by atoms with E-state index in [1.54, 1.807) is 17.0 Å². The molecule has 160 valence electrons. The van der Waals surface area contributed by atoms with Gasteiger partial charge in [0, 0.05) is 18.7 Å². The van der Waals surface area contributed by atoms with Crippen molar-refractivity contribution >= 4 is 22.5 Å². The molecular weight excluding hydrogens is 406 g/mol. The van der Waals surface area contributed by atoms with Crippen molar-refractivity contribution < 1.29 is 14.3 Å². The summed E-state index contributed by atoms with van der Waals surface area (Å²) in [7, 11) is 0. The molecule has 0 atom stereocenters. The van der Waals surface area contributed by atoms with E-state index in [2.05, 4.69) is 4.98 Å². The van der Waals surface area contributed by atoms with Crippen LogP contribution in [0.2, 0.25) is 0 Å². The molecule has 3 aromatic carbocycles. The van der Waals surface area contributed by atoms with Gasteiger partial charge in [0.1, 0.15) is 0 Å². The highest BCUT2D eigenvalue weighted by Gasteiger charge is 2.19. The van der Waals surface area contributed by atoms with Crippen molar-refractivity contribution in [3.63, 3.8) is 0 Å². The zero-order chi connectivity index (χ0) is 21.9. The fourth-order valence-electron chi connectivity index (χ4n) is 3.77.